The minimum absolute atomic E-state index is 0.124. The molecule has 1 aromatic rings. The van der Waals surface area contributed by atoms with Gasteiger partial charge in [-0.05, 0) is 35.9 Å². The largest absolute Gasteiger partial charge is 0.492 e. The van der Waals surface area contributed by atoms with Gasteiger partial charge in [0, 0.05) is 0 Å². The molecule has 0 amide bonds. The highest BCUT2D eigenvalue weighted by Gasteiger charge is 2.40. The van der Waals surface area contributed by atoms with Crippen LogP contribution in [0.15, 0.2) is 18.2 Å². The van der Waals surface area contributed by atoms with E-state index in [-0.39, 0.29) is 5.41 Å². The molecule has 1 aliphatic rings. The predicted molar refractivity (Wildman–Crippen MR) is 66.9 cm³/mol. The zero-order valence-electron chi connectivity index (χ0n) is 10.7. The molecular formula is C13H19BO2. The summed E-state index contributed by atoms with van der Waals surface area (Å²) in [6.07, 6.45) is 0. The van der Waals surface area contributed by atoms with Crippen molar-refractivity contribution in [2.24, 2.45) is 0 Å². The minimum atomic E-state index is -0.779. The summed E-state index contributed by atoms with van der Waals surface area (Å²) in [6, 6.07) is 6.22. The Hall–Kier alpha value is -0.795. The molecule has 3 heteroatoms. The third kappa shape index (κ3) is 1.78. The second kappa shape index (κ2) is 3.35. The summed E-state index contributed by atoms with van der Waals surface area (Å²) in [5, 5.41) is 9.79. The lowest BCUT2D eigenvalue weighted by Crippen LogP contribution is -2.28. The summed E-state index contributed by atoms with van der Waals surface area (Å²) in [5.74, 6) is 0. The lowest BCUT2D eigenvalue weighted by Gasteiger charge is -2.24. The van der Waals surface area contributed by atoms with Crippen LogP contribution in [-0.2, 0) is 15.7 Å². The molecule has 0 aliphatic carbocycles. The van der Waals surface area contributed by atoms with Crippen molar-refractivity contribution in [1.29, 1.82) is 0 Å². The molecule has 0 fully saturated rings. The summed E-state index contributed by atoms with van der Waals surface area (Å²) in [5.41, 5.74) is 3.01. The third-order valence-corrected chi connectivity index (χ3v) is 3.24. The first-order chi connectivity index (χ1) is 7.22. The number of hydrogen-bond donors (Lipinski definition) is 1. The van der Waals surface area contributed by atoms with Crippen molar-refractivity contribution < 1.29 is 9.68 Å². The quantitative estimate of drug-likeness (QED) is 0.674. The highest BCUT2D eigenvalue weighted by molar-refractivity contribution is 6.61. The Labute approximate surface area is 97.8 Å². The van der Waals surface area contributed by atoms with Crippen LogP contribution in [0.1, 0.15) is 45.7 Å². The standard InChI is InChI=1S/C13H19BO2/c1-12(2,3)9-6-7-11-10(8-9)13(4,5)16-14(11)15/h6-8,15H,1-5H3. The van der Waals surface area contributed by atoms with Crippen molar-refractivity contribution in [3.63, 3.8) is 0 Å². The van der Waals surface area contributed by atoms with E-state index in [0.717, 1.165) is 11.0 Å². The number of fused-ring (bicyclic) bond motifs is 1. The smallest absolute Gasteiger partial charge is 0.423 e. The van der Waals surface area contributed by atoms with Crippen molar-refractivity contribution in [2.45, 2.75) is 45.6 Å². The first-order valence-corrected chi connectivity index (χ1v) is 5.72. The van der Waals surface area contributed by atoms with Crippen LogP contribution < -0.4 is 5.46 Å². The van der Waals surface area contributed by atoms with E-state index in [1.807, 2.05) is 19.9 Å². The average molecular weight is 218 g/mol. The van der Waals surface area contributed by atoms with Crippen LogP contribution >= 0.6 is 0 Å². The fourth-order valence-electron chi connectivity index (χ4n) is 2.17. The Morgan fingerprint density at radius 2 is 1.88 bits per heavy atom. The molecule has 86 valence electrons. The normalized spacial score (nSPS) is 18.8. The van der Waals surface area contributed by atoms with Gasteiger partial charge < -0.3 is 9.68 Å². The molecule has 1 heterocycles. The van der Waals surface area contributed by atoms with E-state index in [1.165, 1.54) is 5.56 Å². The van der Waals surface area contributed by atoms with Gasteiger partial charge in [-0.3, -0.25) is 0 Å². The summed E-state index contributed by atoms with van der Waals surface area (Å²) in [4.78, 5) is 0. The van der Waals surface area contributed by atoms with E-state index < -0.39 is 12.7 Å². The van der Waals surface area contributed by atoms with Gasteiger partial charge in [-0.25, -0.2) is 0 Å². The Kier molecular flexibility index (Phi) is 2.44. The van der Waals surface area contributed by atoms with Gasteiger partial charge in [0.15, 0.2) is 0 Å². The van der Waals surface area contributed by atoms with Gasteiger partial charge in [0.2, 0.25) is 0 Å². The summed E-state index contributed by atoms with van der Waals surface area (Å²) in [7, 11) is -0.779. The maximum atomic E-state index is 9.79. The Morgan fingerprint density at radius 3 is 2.44 bits per heavy atom. The third-order valence-electron chi connectivity index (χ3n) is 3.24. The van der Waals surface area contributed by atoms with Crippen molar-refractivity contribution >= 4 is 12.6 Å². The van der Waals surface area contributed by atoms with Gasteiger partial charge in [-0.15, -0.1) is 0 Å². The highest BCUT2D eigenvalue weighted by atomic mass is 16.5. The Bertz CT molecular complexity index is 418. The molecule has 2 rings (SSSR count). The number of hydrogen-bond acceptors (Lipinski definition) is 2. The lowest BCUT2D eigenvalue weighted by atomic mass is 9.75. The van der Waals surface area contributed by atoms with E-state index in [4.69, 9.17) is 4.65 Å². The first kappa shape index (κ1) is 11.7. The first-order valence-electron chi connectivity index (χ1n) is 5.72. The molecule has 0 saturated carbocycles. The predicted octanol–water partition coefficient (Wildman–Crippen LogP) is 1.94. The SMILES string of the molecule is CC(C)(C)c1ccc2c(c1)C(C)(C)OB2O. The molecule has 0 atom stereocenters. The zero-order valence-corrected chi connectivity index (χ0v) is 10.7. The van der Waals surface area contributed by atoms with E-state index >= 15 is 0 Å². The summed E-state index contributed by atoms with van der Waals surface area (Å²) < 4.78 is 5.54. The van der Waals surface area contributed by atoms with Crippen molar-refractivity contribution in [3.8, 4) is 0 Å². The topological polar surface area (TPSA) is 29.5 Å². The average Bonchev–Trinajstić information content (AvgIpc) is 2.36. The van der Waals surface area contributed by atoms with E-state index in [2.05, 4.69) is 32.9 Å². The number of benzene rings is 1. The molecule has 0 spiro atoms. The van der Waals surface area contributed by atoms with E-state index in [0.29, 0.717) is 0 Å². The molecule has 0 aromatic heterocycles. The van der Waals surface area contributed by atoms with Crippen molar-refractivity contribution in [1.82, 2.24) is 0 Å². The molecule has 2 nitrogen and oxygen atoms in total. The molecule has 0 bridgehead atoms. The van der Waals surface area contributed by atoms with Crippen molar-refractivity contribution in [3.05, 3.63) is 29.3 Å². The summed E-state index contributed by atoms with van der Waals surface area (Å²) >= 11 is 0. The van der Waals surface area contributed by atoms with E-state index in [1.54, 1.807) is 0 Å². The molecule has 0 saturated heterocycles. The van der Waals surface area contributed by atoms with Gasteiger partial charge in [-0.1, -0.05) is 39.0 Å². The Morgan fingerprint density at radius 1 is 1.25 bits per heavy atom. The van der Waals surface area contributed by atoms with Crippen LogP contribution in [0.2, 0.25) is 0 Å². The maximum Gasteiger partial charge on any atom is 0.492 e. The highest BCUT2D eigenvalue weighted by Crippen LogP contribution is 2.32. The minimum Gasteiger partial charge on any atom is -0.423 e. The van der Waals surface area contributed by atoms with Gasteiger partial charge in [0.1, 0.15) is 0 Å². The van der Waals surface area contributed by atoms with Crippen molar-refractivity contribution in [2.75, 3.05) is 0 Å². The molecule has 0 radical (unpaired) electrons. The van der Waals surface area contributed by atoms with Crippen LogP contribution in [-0.4, -0.2) is 12.1 Å². The van der Waals surface area contributed by atoms with Gasteiger partial charge in [0.05, 0.1) is 5.60 Å². The molecule has 1 aliphatic heterocycles. The fraction of sp³-hybridized carbons (Fsp3) is 0.538. The maximum absolute atomic E-state index is 9.79. The summed E-state index contributed by atoms with van der Waals surface area (Å²) in [6.45, 7) is 10.6. The second-order valence-electron chi connectivity index (χ2n) is 6.03. The van der Waals surface area contributed by atoms with Crippen LogP contribution in [0, 0.1) is 0 Å². The molecule has 1 aromatic carbocycles. The lowest BCUT2D eigenvalue weighted by molar-refractivity contribution is 0.101. The molecule has 1 N–H and O–H groups in total. The van der Waals surface area contributed by atoms with Crippen LogP contribution in [0.4, 0.5) is 0 Å². The van der Waals surface area contributed by atoms with Crippen LogP contribution in [0.3, 0.4) is 0 Å². The van der Waals surface area contributed by atoms with Gasteiger partial charge in [0.25, 0.3) is 0 Å². The molecule has 16 heavy (non-hydrogen) atoms. The van der Waals surface area contributed by atoms with E-state index in [9.17, 15) is 5.02 Å². The molecule has 0 unspecified atom stereocenters. The fourth-order valence-corrected chi connectivity index (χ4v) is 2.17. The van der Waals surface area contributed by atoms with Crippen LogP contribution in [0.25, 0.3) is 0 Å². The van der Waals surface area contributed by atoms with Gasteiger partial charge >= 0.3 is 7.12 Å². The molecular weight excluding hydrogens is 199 g/mol. The monoisotopic (exact) mass is 218 g/mol. The Balaban J connectivity index is 2.55. The van der Waals surface area contributed by atoms with Gasteiger partial charge in [-0.2, -0.15) is 0 Å². The number of rotatable bonds is 0. The second-order valence-corrected chi connectivity index (χ2v) is 6.03. The van der Waals surface area contributed by atoms with Crippen LogP contribution in [0.5, 0.6) is 0 Å². The zero-order chi connectivity index (χ0) is 12.1.